The summed E-state index contributed by atoms with van der Waals surface area (Å²) in [5.41, 5.74) is -1.79. The number of ether oxygens (including phenoxy) is 4. The van der Waals surface area contributed by atoms with E-state index in [2.05, 4.69) is 10.6 Å². The molecule has 7 rings (SSSR count). The van der Waals surface area contributed by atoms with E-state index in [9.17, 15) is 44.7 Å². The van der Waals surface area contributed by atoms with E-state index in [1.807, 2.05) is 4.90 Å². The molecule has 7 N–H and O–H groups in total. The summed E-state index contributed by atoms with van der Waals surface area (Å²) in [6.45, 7) is 14.1. The number of aromatic nitrogens is 1. The number of benzene rings is 3. The second-order valence-electron chi connectivity index (χ2n) is 18.1. The highest BCUT2D eigenvalue weighted by atomic mass is 16.7. The summed E-state index contributed by atoms with van der Waals surface area (Å²) in [6.07, 6.45) is 3.95. The third-order valence-corrected chi connectivity index (χ3v) is 13.6. The molecule has 1 saturated heterocycles. The predicted octanol–water partition coefficient (Wildman–Crippen LogP) is 4.70. The van der Waals surface area contributed by atoms with Gasteiger partial charge in [0.25, 0.3) is 5.91 Å². The lowest BCUT2D eigenvalue weighted by atomic mass is 9.78. The normalized spacial score (nSPS) is 29.6. The van der Waals surface area contributed by atoms with Gasteiger partial charge in [0.05, 0.1) is 47.9 Å². The Bertz CT molecular complexity index is 2870. The zero-order chi connectivity index (χ0) is 48.8. The van der Waals surface area contributed by atoms with Crippen LogP contribution < -0.4 is 36.3 Å². The molecule has 0 spiro atoms. The molecule has 4 heterocycles. The molecular formula is C49H60N4O14. The SMILES string of the molecule is CCOC(=O)NC1CCN(c2cc(=O)c3nc4c(oc3c2)c2c(=O)c3c(O)c(C)c5c(c34)=C(O)[C@@](C)(O/C=C/[C@H](OC)[C@@H](C)[C@@H](O)[C@H](C)[C@H](O)[C@H](C)[C@@H](O)[C@@H](C)/C=C/C=C(/C)C(=O)N2)O5)CC1. The first-order valence-corrected chi connectivity index (χ1v) is 22.5. The Labute approximate surface area is 386 Å². The first kappa shape index (κ1) is 48.7. The molecule has 3 aliphatic heterocycles. The number of anilines is 2. The first-order chi connectivity index (χ1) is 31.7. The highest BCUT2D eigenvalue weighted by Crippen LogP contribution is 2.42. The number of alkyl carbamates (subject to hydrolysis) is 1. The Balaban J connectivity index is 1.43. The van der Waals surface area contributed by atoms with Crippen molar-refractivity contribution in [3.05, 3.63) is 79.5 Å². The molecule has 0 radical (unpaired) electrons. The number of piperidine rings is 1. The van der Waals surface area contributed by atoms with E-state index in [0.29, 0.717) is 31.6 Å². The van der Waals surface area contributed by atoms with Gasteiger partial charge in [0.2, 0.25) is 10.9 Å². The molecule has 4 aromatic rings. The van der Waals surface area contributed by atoms with Gasteiger partial charge in [0, 0.05) is 91.2 Å². The number of fused-ring (bicyclic) bond motifs is 5. The first-order valence-electron chi connectivity index (χ1n) is 22.5. The van der Waals surface area contributed by atoms with Crippen molar-refractivity contribution in [2.45, 2.75) is 104 Å². The van der Waals surface area contributed by atoms with Crippen LogP contribution >= 0.6 is 0 Å². The summed E-state index contributed by atoms with van der Waals surface area (Å²) in [5, 5.41) is 63.0. The van der Waals surface area contributed by atoms with Crippen LogP contribution in [0, 0.1) is 30.6 Å². The van der Waals surface area contributed by atoms with Crippen LogP contribution in [0.3, 0.4) is 0 Å². The fourth-order valence-corrected chi connectivity index (χ4v) is 9.29. The van der Waals surface area contributed by atoms with Gasteiger partial charge in [-0.25, -0.2) is 9.78 Å². The maximum atomic E-state index is 14.8. The van der Waals surface area contributed by atoms with E-state index in [0.717, 1.165) is 0 Å². The van der Waals surface area contributed by atoms with Crippen LogP contribution in [0.25, 0.3) is 38.7 Å². The van der Waals surface area contributed by atoms with Crippen LogP contribution in [0.5, 0.6) is 11.5 Å². The van der Waals surface area contributed by atoms with Crippen molar-refractivity contribution in [3.63, 3.8) is 0 Å². The Kier molecular flexibility index (Phi) is 13.9. The number of aromatic hydroxyl groups is 1. The molecule has 18 heteroatoms. The maximum Gasteiger partial charge on any atom is 0.407 e. The van der Waals surface area contributed by atoms with Gasteiger partial charge in [0.15, 0.2) is 22.4 Å². The van der Waals surface area contributed by atoms with Crippen molar-refractivity contribution in [3.8, 4) is 11.5 Å². The number of phenolic OH excluding ortho intramolecular Hbond substituents is 1. The van der Waals surface area contributed by atoms with E-state index in [1.54, 1.807) is 52.8 Å². The Morgan fingerprint density at radius 3 is 2.30 bits per heavy atom. The van der Waals surface area contributed by atoms with Crippen molar-refractivity contribution in [1.29, 1.82) is 0 Å². The average molecular weight is 929 g/mol. The van der Waals surface area contributed by atoms with Gasteiger partial charge < -0.3 is 64.4 Å². The molecule has 67 heavy (non-hydrogen) atoms. The molecule has 3 aromatic carbocycles. The molecule has 18 nitrogen and oxygen atoms in total. The zero-order valence-corrected chi connectivity index (χ0v) is 39.1. The number of carbonyl (C=O) groups is 2. The molecule has 9 atom stereocenters. The molecule has 1 aromatic heterocycles. The fraction of sp³-hybridized carbons (Fsp3) is 0.490. The van der Waals surface area contributed by atoms with Crippen molar-refractivity contribution < 1.29 is 58.5 Å². The quantitative estimate of drug-likeness (QED) is 0.108. The summed E-state index contributed by atoms with van der Waals surface area (Å²) in [7, 11) is 1.44. The van der Waals surface area contributed by atoms with Crippen LogP contribution in [0.2, 0.25) is 0 Å². The summed E-state index contributed by atoms with van der Waals surface area (Å²) < 4.78 is 29.5. The van der Waals surface area contributed by atoms with E-state index in [4.69, 9.17) is 28.3 Å². The number of nitrogens with one attached hydrogen (secondary N) is 2. The number of rotatable bonds is 4. The largest absolute Gasteiger partial charge is 0.507 e. The van der Waals surface area contributed by atoms with Crippen LogP contribution in [-0.2, 0) is 19.0 Å². The van der Waals surface area contributed by atoms with Crippen LogP contribution in [-0.4, -0.2) is 106 Å². The Hall–Kier alpha value is -6.21. The second kappa shape index (κ2) is 19.2. The van der Waals surface area contributed by atoms with Gasteiger partial charge in [0.1, 0.15) is 22.7 Å². The van der Waals surface area contributed by atoms with Crippen molar-refractivity contribution in [1.82, 2.24) is 10.3 Å². The number of phenols is 1. The lowest BCUT2D eigenvalue weighted by Gasteiger charge is -2.36. The monoisotopic (exact) mass is 928 g/mol. The van der Waals surface area contributed by atoms with Crippen LogP contribution in [0.1, 0.15) is 66.9 Å². The molecule has 1 fully saturated rings. The van der Waals surface area contributed by atoms with Gasteiger partial charge in [-0.05, 0) is 39.7 Å². The summed E-state index contributed by atoms with van der Waals surface area (Å²) in [4.78, 5) is 61.6. The Morgan fingerprint density at radius 1 is 0.955 bits per heavy atom. The van der Waals surface area contributed by atoms with Gasteiger partial charge in [-0.15, -0.1) is 0 Å². The molecule has 0 saturated carbocycles. The second-order valence-corrected chi connectivity index (χ2v) is 18.1. The van der Waals surface area contributed by atoms with E-state index >= 15 is 0 Å². The highest BCUT2D eigenvalue weighted by molar-refractivity contribution is 6.16. The maximum absolute atomic E-state index is 14.8. The average Bonchev–Trinajstić information content (AvgIpc) is 3.57. The number of nitrogens with zero attached hydrogens (tertiary/aromatic N) is 2. The van der Waals surface area contributed by atoms with E-state index in [1.165, 1.54) is 52.4 Å². The number of methoxy groups -OCH3 is 1. The van der Waals surface area contributed by atoms with Gasteiger partial charge in [-0.3, -0.25) is 14.4 Å². The molecule has 5 bridgehead atoms. The molecule has 3 aliphatic rings. The third-order valence-electron chi connectivity index (χ3n) is 13.6. The summed E-state index contributed by atoms with van der Waals surface area (Å²) in [6, 6.07) is 2.86. The molecular weight excluding hydrogens is 869 g/mol. The lowest BCUT2D eigenvalue weighted by Crippen LogP contribution is -2.45. The number of carbonyl (C=O) groups excluding carboxylic acids is 2. The molecule has 0 unspecified atom stereocenters. The van der Waals surface area contributed by atoms with Crippen LogP contribution in [0.4, 0.5) is 16.2 Å². The minimum absolute atomic E-state index is 0.0246. The fourth-order valence-electron chi connectivity index (χ4n) is 9.29. The predicted molar refractivity (Wildman–Crippen MR) is 251 cm³/mol. The van der Waals surface area contributed by atoms with E-state index in [-0.39, 0.29) is 67.7 Å². The Morgan fingerprint density at radius 2 is 1.63 bits per heavy atom. The van der Waals surface area contributed by atoms with Crippen LogP contribution in [0.15, 0.2) is 62.3 Å². The third kappa shape index (κ3) is 9.02. The lowest BCUT2D eigenvalue weighted by molar-refractivity contribution is -0.112. The number of aliphatic hydroxyl groups excluding tert-OH is 4. The number of amides is 2. The van der Waals surface area contributed by atoms with Crippen molar-refractivity contribution >= 4 is 62.1 Å². The van der Waals surface area contributed by atoms with Crippen molar-refractivity contribution in [2.24, 2.45) is 23.7 Å². The minimum atomic E-state index is -1.98. The summed E-state index contributed by atoms with van der Waals surface area (Å²) >= 11 is 0. The number of allylic oxidation sites excluding steroid dienone is 2. The molecule has 2 amide bonds. The number of hydrogen-bond acceptors (Lipinski definition) is 16. The number of hydrogen-bond donors (Lipinski definition) is 7. The zero-order valence-electron chi connectivity index (χ0n) is 39.1. The number of aliphatic hydroxyl groups is 4. The standard InChI is InChI=1S/C49H60N4O14/c1-10-64-48(62)50-28-14-17-53(18-15-28)29-20-30(54)36-32(21-29)66-45-37(51-36)33-34-42(58)27(7)44-35(33)46(60)49(8,67-44)65-19-16-31(63-9)24(4)40(56)26(6)41(57)25(5)39(55)22(2)12-11-13-23(3)47(61)52-38(45)43(34)59/h11-13,16,19-22,24-26,28,31,39-41,55-58,60H,10,14-15,17-18H2,1-9H3,(H,50,62)(H,52,61)/b12-11+,19-16+,23-13-/t22-,24+,25+,26-,31-,39-,40+,41+,49-/m0/s1. The highest BCUT2D eigenvalue weighted by Gasteiger charge is 2.44. The summed E-state index contributed by atoms with van der Waals surface area (Å²) in [5.74, 6) is -6.40. The smallest absolute Gasteiger partial charge is 0.407 e. The molecule has 0 aliphatic carbocycles. The van der Waals surface area contributed by atoms with E-state index < -0.39 is 93.9 Å². The van der Waals surface area contributed by atoms with Gasteiger partial charge in [-0.1, -0.05) is 45.9 Å². The topological polar surface area (TPSA) is 260 Å². The van der Waals surface area contributed by atoms with Gasteiger partial charge in [-0.2, -0.15) is 0 Å². The van der Waals surface area contributed by atoms with Gasteiger partial charge >= 0.3 is 11.9 Å². The minimum Gasteiger partial charge on any atom is -0.507 e. The van der Waals surface area contributed by atoms with Crippen molar-refractivity contribution in [2.75, 3.05) is 37.0 Å². The molecule has 360 valence electrons.